The molecule has 1 aliphatic carbocycles. The van der Waals surface area contributed by atoms with Gasteiger partial charge in [-0.1, -0.05) is 24.9 Å². The highest BCUT2D eigenvalue weighted by Crippen LogP contribution is 2.19. The monoisotopic (exact) mass is 293 g/mol. The third-order valence-corrected chi connectivity index (χ3v) is 4.28. The van der Waals surface area contributed by atoms with E-state index in [1.807, 2.05) is 16.7 Å². The maximum Gasteiger partial charge on any atom is 0.318 e. The lowest BCUT2D eigenvalue weighted by atomic mass is 10.2. The molecule has 2 fully saturated rings. The molecule has 21 heavy (non-hydrogen) atoms. The topological polar surface area (TPSA) is 74.5 Å². The van der Waals surface area contributed by atoms with Crippen LogP contribution in [0.25, 0.3) is 0 Å². The largest absolute Gasteiger partial charge is 0.408 e. The van der Waals surface area contributed by atoms with Gasteiger partial charge in [-0.2, -0.15) is 0 Å². The van der Waals surface area contributed by atoms with Crippen molar-refractivity contribution in [3.63, 3.8) is 0 Å². The minimum absolute atomic E-state index is 0.0707. The molecule has 7 heteroatoms. The molecular formula is C14H23N5O2. The predicted molar refractivity (Wildman–Crippen MR) is 78.2 cm³/mol. The van der Waals surface area contributed by atoms with Gasteiger partial charge in [0.15, 0.2) is 0 Å². The van der Waals surface area contributed by atoms with Gasteiger partial charge in [-0.3, -0.25) is 0 Å². The van der Waals surface area contributed by atoms with Crippen molar-refractivity contribution in [1.82, 2.24) is 20.4 Å². The summed E-state index contributed by atoms with van der Waals surface area (Å²) in [6.45, 7) is 4.86. The Morgan fingerprint density at radius 1 is 1.24 bits per heavy atom. The Bertz CT molecular complexity index is 475. The van der Waals surface area contributed by atoms with Crippen LogP contribution in [0.4, 0.5) is 10.8 Å². The maximum absolute atomic E-state index is 12.2. The van der Waals surface area contributed by atoms with E-state index < -0.39 is 0 Å². The van der Waals surface area contributed by atoms with Gasteiger partial charge in [0.2, 0.25) is 5.89 Å². The molecule has 1 saturated carbocycles. The number of aryl methyl sites for hydroxylation is 1. The molecule has 0 radical (unpaired) electrons. The van der Waals surface area contributed by atoms with Crippen molar-refractivity contribution in [2.24, 2.45) is 0 Å². The van der Waals surface area contributed by atoms with E-state index in [1.54, 1.807) is 0 Å². The van der Waals surface area contributed by atoms with E-state index in [9.17, 15) is 4.79 Å². The van der Waals surface area contributed by atoms with Crippen LogP contribution in [0.1, 0.15) is 38.5 Å². The molecule has 0 aromatic carbocycles. The van der Waals surface area contributed by atoms with Crippen LogP contribution in [0.15, 0.2) is 4.42 Å². The van der Waals surface area contributed by atoms with Crippen molar-refractivity contribution in [3.8, 4) is 0 Å². The molecular weight excluding hydrogens is 270 g/mol. The molecule has 1 N–H and O–H groups in total. The maximum atomic E-state index is 12.2. The van der Waals surface area contributed by atoms with Crippen LogP contribution in [-0.4, -0.2) is 53.3 Å². The quantitative estimate of drug-likeness (QED) is 0.912. The highest BCUT2D eigenvalue weighted by atomic mass is 16.4. The van der Waals surface area contributed by atoms with E-state index in [4.69, 9.17) is 4.42 Å². The minimum Gasteiger partial charge on any atom is -0.408 e. The Balaban J connectivity index is 1.48. The van der Waals surface area contributed by atoms with Crippen molar-refractivity contribution in [2.75, 3.05) is 31.1 Å². The van der Waals surface area contributed by atoms with E-state index in [1.165, 1.54) is 12.8 Å². The van der Waals surface area contributed by atoms with Crippen LogP contribution in [0.2, 0.25) is 0 Å². The minimum atomic E-state index is 0.0707. The zero-order valence-electron chi connectivity index (χ0n) is 12.5. The van der Waals surface area contributed by atoms with Crippen LogP contribution in [0.5, 0.6) is 0 Å². The molecule has 0 atom stereocenters. The van der Waals surface area contributed by atoms with Crippen molar-refractivity contribution in [1.29, 1.82) is 0 Å². The van der Waals surface area contributed by atoms with Gasteiger partial charge in [0.05, 0.1) is 0 Å². The van der Waals surface area contributed by atoms with Crippen molar-refractivity contribution in [2.45, 2.75) is 45.1 Å². The van der Waals surface area contributed by atoms with Gasteiger partial charge in [0.25, 0.3) is 0 Å². The SMILES string of the molecule is CCc1nnc(N2CCN(C(=O)NC3CCCC3)CC2)o1. The number of anilines is 1. The molecule has 0 bridgehead atoms. The summed E-state index contributed by atoms with van der Waals surface area (Å²) in [7, 11) is 0. The average molecular weight is 293 g/mol. The van der Waals surface area contributed by atoms with Crippen molar-refractivity contribution >= 4 is 12.0 Å². The van der Waals surface area contributed by atoms with Crippen LogP contribution in [0.3, 0.4) is 0 Å². The number of amides is 2. The fraction of sp³-hybridized carbons (Fsp3) is 0.786. The average Bonchev–Trinajstić information content (AvgIpc) is 3.18. The van der Waals surface area contributed by atoms with Gasteiger partial charge in [0, 0.05) is 38.6 Å². The van der Waals surface area contributed by atoms with Gasteiger partial charge < -0.3 is 19.5 Å². The van der Waals surface area contributed by atoms with E-state index in [2.05, 4.69) is 15.5 Å². The number of nitrogens with one attached hydrogen (secondary N) is 1. The summed E-state index contributed by atoms with van der Waals surface area (Å²) in [4.78, 5) is 16.1. The number of carbonyl (C=O) groups is 1. The second-order valence-electron chi connectivity index (χ2n) is 5.74. The van der Waals surface area contributed by atoms with E-state index in [-0.39, 0.29) is 6.03 Å². The first-order valence-corrected chi connectivity index (χ1v) is 7.89. The molecule has 2 heterocycles. The standard InChI is InChI=1S/C14H23N5O2/c1-2-12-16-17-14(21-12)19-9-7-18(8-10-19)13(20)15-11-5-3-4-6-11/h11H,2-10H2,1H3,(H,15,20). The van der Waals surface area contributed by atoms with E-state index in [0.29, 0.717) is 31.0 Å². The molecule has 116 valence electrons. The Hall–Kier alpha value is -1.79. The predicted octanol–water partition coefficient (Wildman–Crippen LogP) is 1.41. The third-order valence-electron chi connectivity index (χ3n) is 4.28. The van der Waals surface area contributed by atoms with Gasteiger partial charge in [-0.15, -0.1) is 5.10 Å². The Morgan fingerprint density at radius 3 is 2.57 bits per heavy atom. The van der Waals surface area contributed by atoms with Crippen molar-refractivity contribution < 1.29 is 9.21 Å². The molecule has 7 nitrogen and oxygen atoms in total. The van der Waals surface area contributed by atoms with Crippen molar-refractivity contribution in [3.05, 3.63) is 5.89 Å². The molecule has 0 spiro atoms. The van der Waals surface area contributed by atoms with Gasteiger partial charge in [-0.05, 0) is 12.8 Å². The number of rotatable bonds is 3. The molecule has 0 unspecified atom stereocenters. The van der Waals surface area contributed by atoms with Gasteiger partial charge >= 0.3 is 12.0 Å². The summed E-state index contributed by atoms with van der Waals surface area (Å²) in [6.07, 6.45) is 5.45. The first-order valence-electron chi connectivity index (χ1n) is 7.89. The fourth-order valence-electron chi connectivity index (χ4n) is 2.95. The lowest BCUT2D eigenvalue weighted by molar-refractivity contribution is 0.189. The fourth-order valence-corrected chi connectivity index (χ4v) is 2.95. The van der Waals surface area contributed by atoms with Crippen LogP contribution < -0.4 is 10.2 Å². The number of hydrogen-bond acceptors (Lipinski definition) is 5. The molecule has 2 aliphatic rings. The summed E-state index contributed by atoms with van der Waals surface area (Å²) in [6, 6.07) is 1.02. The summed E-state index contributed by atoms with van der Waals surface area (Å²) < 4.78 is 5.56. The zero-order valence-corrected chi connectivity index (χ0v) is 12.5. The number of carbonyl (C=O) groups excluding carboxylic acids is 1. The molecule has 3 rings (SSSR count). The van der Waals surface area contributed by atoms with E-state index in [0.717, 1.165) is 32.4 Å². The first kappa shape index (κ1) is 14.2. The molecule has 1 aromatic rings. The van der Waals surface area contributed by atoms with Gasteiger partial charge in [-0.25, -0.2) is 4.79 Å². The summed E-state index contributed by atoms with van der Waals surface area (Å²) >= 11 is 0. The Kier molecular flexibility index (Phi) is 4.26. The van der Waals surface area contributed by atoms with Gasteiger partial charge in [0.1, 0.15) is 0 Å². The van der Waals surface area contributed by atoms with Crippen LogP contribution >= 0.6 is 0 Å². The highest BCUT2D eigenvalue weighted by Gasteiger charge is 2.26. The number of nitrogens with zero attached hydrogens (tertiary/aromatic N) is 4. The molecule has 1 aromatic heterocycles. The third kappa shape index (κ3) is 3.28. The second-order valence-corrected chi connectivity index (χ2v) is 5.74. The molecule has 1 saturated heterocycles. The lowest BCUT2D eigenvalue weighted by Crippen LogP contribution is -2.53. The molecule has 2 amide bonds. The summed E-state index contributed by atoms with van der Waals surface area (Å²) in [5.41, 5.74) is 0. The normalized spacial score (nSPS) is 20.0. The Labute approximate surface area is 124 Å². The van der Waals surface area contributed by atoms with Crippen LogP contribution in [0, 0.1) is 0 Å². The number of hydrogen-bond donors (Lipinski definition) is 1. The second kappa shape index (κ2) is 6.32. The Morgan fingerprint density at radius 2 is 1.95 bits per heavy atom. The first-order chi connectivity index (χ1) is 10.3. The highest BCUT2D eigenvalue weighted by molar-refractivity contribution is 5.74. The smallest absolute Gasteiger partial charge is 0.318 e. The summed E-state index contributed by atoms with van der Waals surface area (Å²) in [5.74, 6) is 0.659. The lowest BCUT2D eigenvalue weighted by Gasteiger charge is -2.34. The number of aromatic nitrogens is 2. The van der Waals surface area contributed by atoms with E-state index >= 15 is 0 Å². The van der Waals surface area contributed by atoms with Crippen LogP contribution in [-0.2, 0) is 6.42 Å². The molecule has 1 aliphatic heterocycles. The summed E-state index contributed by atoms with van der Waals surface area (Å²) in [5, 5.41) is 11.2. The number of piperazine rings is 1. The zero-order chi connectivity index (χ0) is 14.7. The number of urea groups is 1.